The average molecular weight is 469 g/mol. The van der Waals surface area contributed by atoms with Crippen LogP contribution >= 0.6 is 0 Å². The largest absolute Gasteiger partial charge is 0.383 e. The highest BCUT2D eigenvalue weighted by Gasteiger charge is 2.27. The number of anilines is 1. The summed E-state index contributed by atoms with van der Waals surface area (Å²) in [4.78, 5) is 36.8. The average Bonchev–Trinajstić information content (AvgIpc) is 3.53. The Hall–Kier alpha value is -4.73. The molecule has 10 nitrogen and oxygen atoms in total. The number of rotatable bonds is 6. The predicted molar refractivity (Wildman–Crippen MR) is 132 cm³/mol. The molecule has 0 aliphatic carbocycles. The lowest BCUT2D eigenvalue weighted by Crippen LogP contribution is -2.41. The van der Waals surface area contributed by atoms with Gasteiger partial charge in [0.2, 0.25) is 0 Å². The molecule has 0 saturated carbocycles. The normalized spacial score (nSPS) is 13.7. The standard InChI is InChI=1S/C25H24N8O2/c1-27-23(19(14-26)25(35)33-12-11-31-10-8-28-22(31)16-33)24(34)29-18-7-9-32-15-20(30-21(32)13-18)17-5-3-2-4-6-17/h2-10,13-15,26-27H,11-12,16H2,1H3,(H,29,34)/b23-19+,26-14?. The minimum absolute atomic E-state index is 0.0155. The molecule has 0 radical (unpaired) electrons. The van der Waals surface area contributed by atoms with Crippen molar-refractivity contribution in [2.75, 3.05) is 18.9 Å². The summed E-state index contributed by atoms with van der Waals surface area (Å²) in [7, 11) is 1.55. The molecule has 1 aromatic carbocycles. The number of carbonyl (C=O) groups excluding carboxylic acids is 2. The van der Waals surface area contributed by atoms with E-state index >= 15 is 0 Å². The fraction of sp³-hybridized carbons (Fsp3) is 0.160. The van der Waals surface area contributed by atoms with Gasteiger partial charge in [0, 0.05) is 68.5 Å². The van der Waals surface area contributed by atoms with Crippen molar-refractivity contribution in [1.29, 1.82) is 5.41 Å². The Morgan fingerprint density at radius 1 is 1.11 bits per heavy atom. The monoisotopic (exact) mass is 468 g/mol. The Morgan fingerprint density at radius 3 is 2.71 bits per heavy atom. The first-order valence-electron chi connectivity index (χ1n) is 11.1. The first-order chi connectivity index (χ1) is 17.1. The quantitative estimate of drug-likeness (QED) is 0.296. The number of nitrogens with one attached hydrogen (secondary N) is 3. The third kappa shape index (κ3) is 4.29. The van der Waals surface area contributed by atoms with Crippen LogP contribution in [0.2, 0.25) is 0 Å². The fourth-order valence-electron chi connectivity index (χ4n) is 4.13. The maximum atomic E-state index is 13.2. The Kier molecular flexibility index (Phi) is 5.84. The van der Waals surface area contributed by atoms with E-state index in [1.807, 2.05) is 57.9 Å². The third-order valence-electron chi connectivity index (χ3n) is 5.94. The van der Waals surface area contributed by atoms with Crippen LogP contribution in [0.15, 0.2) is 78.5 Å². The van der Waals surface area contributed by atoms with Crippen molar-refractivity contribution in [1.82, 2.24) is 29.2 Å². The van der Waals surface area contributed by atoms with Gasteiger partial charge in [-0.3, -0.25) is 9.59 Å². The molecule has 3 aromatic heterocycles. The molecule has 0 atom stereocenters. The topological polar surface area (TPSA) is 120 Å². The smallest absolute Gasteiger partial charge is 0.272 e. The van der Waals surface area contributed by atoms with Crippen molar-refractivity contribution in [3.8, 4) is 11.3 Å². The summed E-state index contributed by atoms with van der Waals surface area (Å²) in [6, 6.07) is 13.3. The van der Waals surface area contributed by atoms with Gasteiger partial charge >= 0.3 is 0 Å². The van der Waals surface area contributed by atoms with Crippen LogP contribution in [0.4, 0.5) is 5.69 Å². The number of hydrogen-bond acceptors (Lipinski definition) is 6. The number of carbonyl (C=O) groups is 2. The van der Waals surface area contributed by atoms with Gasteiger partial charge < -0.3 is 29.9 Å². The molecule has 4 aromatic rings. The Bertz CT molecular complexity index is 1450. The van der Waals surface area contributed by atoms with Gasteiger partial charge in [-0.05, 0) is 6.07 Å². The molecule has 0 unspecified atom stereocenters. The lowest BCUT2D eigenvalue weighted by molar-refractivity contribution is -0.128. The van der Waals surface area contributed by atoms with E-state index in [9.17, 15) is 9.59 Å². The SMILES string of the molecule is CN/C(C(=O)Nc1ccn2cc(-c3ccccc3)nc2c1)=C(\C=N)C(=O)N1CCn2ccnc2C1. The van der Waals surface area contributed by atoms with E-state index in [1.54, 1.807) is 30.3 Å². The first kappa shape index (κ1) is 22.1. The van der Waals surface area contributed by atoms with E-state index < -0.39 is 11.8 Å². The van der Waals surface area contributed by atoms with Gasteiger partial charge in [-0.15, -0.1) is 0 Å². The Balaban J connectivity index is 1.37. The molecule has 10 heteroatoms. The summed E-state index contributed by atoms with van der Waals surface area (Å²) >= 11 is 0. The Labute approximate surface area is 201 Å². The lowest BCUT2D eigenvalue weighted by atomic mass is 10.1. The van der Waals surface area contributed by atoms with E-state index in [-0.39, 0.29) is 11.3 Å². The molecule has 1 aliphatic rings. The number of imidazole rings is 2. The summed E-state index contributed by atoms with van der Waals surface area (Å²) in [5.41, 5.74) is 3.02. The van der Waals surface area contributed by atoms with Crippen molar-refractivity contribution in [3.63, 3.8) is 0 Å². The highest BCUT2D eigenvalue weighted by molar-refractivity contribution is 6.19. The van der Waals surface area contributed by atoms with Crippen molar-refractivity contribution < 1.29 is 9.59 Å². The molecule has 0 fully saturated rings. The molecule has 4 heterocycles. The first-order valence-corrected chi connectivity index (χ1v) is 11.1. The molecule has 3 N–H and O–H groups in total. The predicted octanol–water partition coefficient (Wildman–Crippen LogP) is 2.30. The van der Waals surface area contributed by atoms with Crippen molar-refractivity contribution in [2.24, 2.45) is 0 Å². The summed E-state index contributed by atoms with van der Waals surface area (Å²) < 4.78 is 3.86. The zero-order valence-corrected chi connectivity index (χ0v) is 19.1. The zero-order valence-electron chi connectivity index (χ0n) is 19.1. The van der Waals surface area contributed by atoms with Crippen molar-refractivity contribution in [3.05, 3.63) is 84.3 Å². The molecule has 1 aliphatic heterocycles. The molecule has 5 rings (SSSR count). The van der Waals surface area contributed by atoms with Crippen molar-refractivity contribution >= 4 is 29.4 Å². The van der Waals surface area contributed by atoms with Crippen LogP contribution in [0, 0.1) is 5.41 Å². The fourth-order valence-corrected chi connectivity index (χ4v) is 4.13. The molecular weight excluding hydrogens is 444 g/mol. The molecule has 2 amide bonds. The minimum Gasteiger partial charge on any atom is -0.383 e. The number of fused-ring (bicyclic) bond motifs is 2. The van der Waals surface area contributed by atoms with E-state index in [1.165, 1.54) is 0 Å². The zero-order chi connectivity index (χ0) is 24.4. The van der Waals surface area contributed by atoms with Crippen LogP contribution in [-0.2, 0) is 22.7 Å². The number of pyridine rings is 1. The van der Waals surface area contributed by atoms with Crippen molar-refractivity contribution in [2.45, 2.75) is 13.1 Å². The number of amides is 2. The Morgan fingerprint density at radius 2 is 1.94 bits per heavy atom. The van der Waals surface area contributed by atoms with E-state index in [0.717, 1.165) is 23.3 Å². The highest BCUT2D eigenvalue weighted by atomic mass is 16.2. The second-order valence-electron chi connectivity index (χ2n) is 8.07. The van der Waals surface area contributed by atoms with Gasteiger partial charge in [0.1, 0.15) is 17.2 Å². The van der Waals surface area contributed by atoms with E-state index in [0.29, 0.717) is 31.0 Å². The van der Waals surface area contributed by atoms with Crippen LogP contribution in [0.3, 0.4) is 0 Å². The summed E-state index contributed by atoms with van der Waals surface area (Å²) in [6.07, 6.45) is 8.22. The molecule has 0 spiro atoms. The van der Waals surface area contributed by atoms with Crippen LogP contribution in [0.1, 0.15) is 5.82 Å². The molecule has 0 saturated heterocycles. The summed E-state index contributed by atoms with van der Waals surface area (Å²) in [5.74, 6) is -0.144. The number of likely N-dealkylation sites (N-methyl/N-ethyl adjacent to an activating group) is 1. The van der Waals surface area contributed by atoms with Gasteiger partial charge in [0.05, 0.1) is 17.8 Å². The van der Waals surface area contributed by atoms with Crippen LogP contribution < -0.4 is 10.6 Å². The van der Waals surface area contributed by atoms with E-state index in [4.69, 9.17) is 5.41 Å². The number of aromatic nitrogens is 4. The second kappa shape index (κ2) is 9.26. The number of benzene rings is 1. The highest BCUT2D eigenvalue weighted by Crippen LogP contribution is 2.21. The van der Waals surface area contributed by atoms with Gasteiger partial charge in [-0.25, -0.2) is 9.97 Å². The van der Waals surface area contributed by atoms with Gasteiger partial charge in [0.15, 0.2) is 0 Å². The maximum absolute atomic E-state index is 13.2. The number of nitrogens with zero attached hydrogens (tertiary/aromatic N) is 5. The van der Waals surface area contributed by atoms with Crippen LogP contribution in [-0.4, -0.2) is 55.5 Å². The molecule has 0 bridgehead atoms. The lowest BCUT2D eigenvalue weighted by Gasteiger charge is -2.28. The van der Waals surface area contributed by atoms with Gasteiger partial charge in [-0.1, -0.05) is 30.3 Å². The molecule has 35 heavy (non-hydrogen) atoms. The van der Waals surface area contributed by atoms with Gasteiger partial charge in [-0.2, -0.15) is 0 Å². The molecular formula is C25H24N8O2. The second-order valence-corrected chi connectivity index (χ2v) is 8.07. The summed E-state index contributed by atoms with van der Waals surface area (Å²) in [5, 5.41) is 13.5. The van der Waals surface area contributed by atoms with Crippen LogP contribution in [0.5, 0.6) is 0 Å². The number of hydrogen-bond donors (Lipinski definition) is 3. The van der Waals surface area contributed by atoms with Crippen LogP contribution in [0.25, 0.3) is 16.9 Å². The maximum Gasteiger partial charge on any atom is 0.272 e. The third-order valence-corrected chi connectivity index (χ3v) is 5.94. The van der Waals surface area contributed by atoms with Gasteiger partial charge in [0.25, 0.3) is 11.8 Å². The van der Waals surface area contributed by atoms with E-state index in [2.05, 4.69) is 20.6 Å². The minimum atomic E-state index is -0.517. The molecule has 176 valence electrons. The summed E-state index contributed by atoms with van der Waals surface area (Å²) in [6.45, 7) is 1.41.